The Hall–Kier alpha value is -1.85. The topological polar surface area (TPSA) is 136 Å². The molecule has 18 heavy (non-hydrogen) atoms. The average Bonchev–Trinajstić information content (AvgIpc) is 2.74. The first kappa shape index (κ1) is 12.6. The molecule has 2 aromatic heterocycles. The summed E-state index contributed by atoms with van der Waals surface area (Å²) in [5, 5.41) is 8.22. The van der Waals surface area contributed by atoms with Gasteiger partial charge in [-0.15, -0.1) is 10.2 Å². The van der Waals surface area contributed by atoms with E-state index in [-0.39, 0.29) is 16.0 Å². The van der Waals surface area contributed by atoms with E-state index in [4.69, 9.17) is 5.84 Å². The van der Waals surface area contributed by atoms with Crippen LogP contribution in [0, 0.1) is 6.92 Å². The molecule has 2 aromatic rings. The van der Waals surface area contributed by atoms with Gasteiger partial charge in [0.25, 0.3) is 10.0 Å². The van der Waals surface area contributed by atoms with Gasteiger partial charge in [-0.05, 0) is 6.92 Å². The Morgan fingerprint density at radius 3 is 2.44 bits per heavy atom. The van der Waals surface area contributed by atoms with Crippen LogP contribution in [-0.4, -0.2) is 28.6 Å². The summed E-state index contributed by atoms with van der Waals surface area (Å²) in [6.07, 6.45) is 2.27. The number of aryl methyl sites for hydroxylation is 1. The molecule has 0 saturated carbocycles. The van der Waals surface area contributed by atoms with Crippen LogP contribution < -0.4 is 16.0 Å². The number of nitrogen functional groups attached to an aromatic ring is 1. The highest BCUT2D eigenvalue weighted by molar-refractivity contribution is 7.93. The van der Waals surface area contributed by atoms with Crippen molar-refractivity contribution < 1.29 is 8.42 Å². The van der Waals surface area contributed by atoms with Gasteiger partial charge >= 0.3 is 0 Å². The van der Waals surface area contributed by atoms with Crippen molar-refractivity contribution in [1.29, 1.82) is 0 Å². The summed E-state index contributed by atoms with van der Waals surface area (Å²) >= 11 is 1.13. The Labute approximate surface area is 107 Å². The summed E-state index contributed by atoms with van der Waals surface area (Å²) in [7, 11) is -3.76. The molecular weight excluding hydrogens is 278 g/mol. The number of nitrogens with one attached hydrogen (secondary N) is 2. The molecule has 0 unspecified atom stereocenters. The molecule has 0 aliphatic carbocycles. The summed E-state index contributed by atoms with van der Waals surface area (Å²) in [5.74, 6) is 5.20. The summed E-state index contributed by atoms with van der Waals surface area (Å²) in [4.78, 5) is 7.33. The molecule has 0 aromatic carbocycles. The zero-order valence-corrected chi connectivity index (χ0v) is 10.8. The molecular formula is C7H9N7O2S2. The highest BCUT2D eigenvalue weighted by Crippen LogP contribution is 2.18. The highest BCUT2D eigenvalue weighted by Gasteiger charge is 2.17. The zero-order valence-electron chi connectivity index (χ0n) is 9.15. The molecule has 9 nitrogen and oxygen atoms in total. The lowest BCUT2D eigenvalue weighted by Gasteiger charge is -2.04. The molecule has 2 heterocycles. The molecule has 0 saturated heterocycles. The molecule has 0 amide bonds. The second kappa shape index (κ2) is 4.80. The van der Waals surface area contributed by atoms with Gasteiger partial charge in [0.1, 0.15) is 9.90 Å². The normalized spacial score (nSPS) is 11.2. The van der Waals surface area contributed by atoms with Gasteiger partial charge < -0.3 is 0 Å². The van der Waals surface area contributed by atoms with Crippen LogP contribution in [0.15, 0.2) is 17.3 Å². The number of anilines is 2. The molecule has 0 fully saturated rings. The Morgan fingerprint density at radius 2 is 1.94 bits per heavy atom. The maximum Gasteiger partial charge on any atom is 0.266 e. The van der Waals surface area contributed by atoms with Gasteiger partial charge in [0, 0.05) is 0 Å². The molecule has 11 heteroatoms. The molecule has 2 rings (SSSR count). The smallest absolute Gasteiger partial charge is 0.266 e. The molecule has 0 radical (unpaired) electrons. The quantitative estimate of drug-likeness (QED) is 0.516. The van der Waals surface area contributed by atoms with Gasteiger partial charge in [-0.2, -0.15) is 0 Å². The van der Waals surface area contributed by atoms with Crippen LogP contribution in [0.1, 0.15) is 5.01 Å². The van der Waals surface area contributed by atoms with Crippen molar-refractivity contribution in [3.8, 4) is 0 Å². The van der Waals surface area contributed by atoms with Crippen LogP contribution in [-0.2, 0) is 10.0 Å². The van der Waals surface area contributed by atoms with Gasteiger partial charge in [-0.3, -0.25) is 10.1 Å². The number of sulfonamides is 1. The van der Waals surface area contributed by atoms with Crippen molar-refractivity contribution in [3.63, 3.8) is 0 Å². The summed E-state index contributed by atoms with van der Waals surface area (Å²) in [6, 6.07) is 0. The molecule has 0 aliphatic heterocycles. The molecule has 96 valence electrons. The first-order valence-corrected chi connectivity index (χ1v) is 6.93. The summed E-state index contributed by atoms with van der Waals surface area (Å²) in [5.41, 5.74) is 2.20. The predicted octanol–water partition coefficient (Wildman–Crippen LogP) is -0.277. The first-order valence-electron chi connectivity index (χ1n) is 4.63. The Morgan fingerprint density at radius 1 is 1.28 bits per heavy atom. The van der Waals surface area contributed by atoms with E-state index >= 15 is 0 Å². The fourth-order valence-electron chi connectivity index (χ4n) is 1.04. The van der Waals surface area contributed by atoms with Gasteiger partial charge in [-0.25, -0.2) is 24.2 Å². The number of hydrogen-bond acceptors (Lipinski definition) is 9. The van der Waals surface area contributed by atoms with Crippen LogP contribution in [0.3, 0.4) is 0 Å². The van der Waals surface area contributed by atoms with Crippen molar-refractivity contribution in [2.24, 2.45) is 5.84 Å². The third-order valence-electron chi connectivity index (χ3n) is 1.82. The van der Waals surface area contributed by atoms with Gasteiger partial charge in [-0.1, -0.05) is 11.3 Å². The van der Waals surface area contributed by atoms with Gasteiger partial charge in [0.2, 0.25) is 11.1 Å². The minimum absolute atomic E-state index is 0.0886. The number of hydrazine groups is 1. The molecule has 0 atom stereocenters. The number of rotatable bonds is 4. The highest BCUT2D eigenvalue weighted by atomic mass is 32.2. The second-order valence-corrected chi connectivity index (χ2v) is 5.98. The van der Waals surface area contributed by atoms with Crippen LogP contribution in [0.2, 0.25) is 0 Å². The van der Waals surface area contributed by atoms with E-state index in [0.29, 0.717) is 5.01 Å². The second-order valence-electron chi connectivity index (χ2n) is 3.12. The van der Waals surface area contributed by atoms with E-state index in [1.165, 1.54) is 0 Å². The minimum atomic E-state index is -3.76. The molecule has 4 N–H and O–H groups in total. The van der Waals surface area contributed by atoms with Crippen molar-refractivity contribution in [2.75, 3.05) is 10.1 Å². The Balaban J connectivity index is 2.24. The van der Waals surface area contributed by atoms with Crippen molar-refractivity contribution in [1.82, 2.24) is 20.2 Å². The van der Waals surface area contributed by atoms with Crippen LogP contribution in [0.25, 0.3) is 0 Å². The summed E-state index contributed by atoms with van der Waals surface area (Å²) < 4.78 is 26.1. The Bertz CT molecular complexity index is 636. The maximum atomic E-state index is 11.9. The van der Waals surface area contributed by atoms with E-state index in [9.17, 15) is 8.42 Å². The van der Waals surface area contributed by atoms with Gasteiger partial charge in [0.15, 0.2) is 0 Å². The maximum absolute atomic E-state index is 11.9. The fraction of sp³-hybridized carbons (Fsp3) is 0.143. The van der Waals surface area contributed by atoms with E-state index in [1.54, 1.807) is 6.92 Å². The predicted molar refractivity (Wildman–Crippen MR) is 65.3 cm³/mol. The van der Waals surface area contributed by atoms with Crippen LogP contribution >= 0.6 is 11.3 Å². The van der Waals surface area contributed by atoms with E-state index in [0.717, 1.165) is 23.7 Å². The Kier molecular flexibility index (Phi) is 3.36. The molecule has 0 aliphatic rings. The number of nitrogens with two attached hydrogens (primary N) is 1. The third-order valence-corrected chi connectivity index (χ3v) is 3.99. The fourth-order valence-corrected chi connectivity index (χ4v) is 2.75. The molecule has 0 spiro atoms. The average molecular weight is 287 g/mol. The number of aromatic nitrogens is 4. The molecule has 0 bridgehead atoms. The van der Waals surface area contributed by atoms with E-state index in [1.807, 2.05) is 0 Å². The van der Waals surface area contributed by atoms with Crippen molar-refractivity contribution >= 4 is 32.4 Å². The van der Waals surface area contributed by atoms with Crippen LogP contribution in [0.5, 0.6) is 0 Å². The van der Waals surface area contributed by atoms with Gasteiger partial charge in [0.05, 0.1) is 12.4 Å². The van der Waals surface area contributed by atoms with Crippen LogP contribution in [0.4, 0.5) is 11.1 Å². The van der Waals surface area contributed by atoms with Crippen molar-refractivity contribution in [2.45, 2.75) is 11.8 Å². The van der Waals surface area contributed by atoms with E-state index in [2.05, 4.69) is 30.3 Å². The lowest BCUT2D eigenvalue weighted by molar-refractivity contribution is 0.600. The minimum Gasteiger partial charge on any atom is -0.292 e. The zero-order chi connectivity index (χ0) is 13.2. The first-order chi connectivity index (χ1) is 8.51. The van der Waals surface area contributed by atoms with Crippen molar-refractivity contribution in [3.05, 3.63) is 17.4 Å². The monoisotopic (exact) mass is 287 g/mol. The SMILES string of the molecule is Cc1nnc(NS(=O)(=O)c2cnc(NN)nc2)s1. The largest absolute Gasteiger partial charge is 0.292 e. The standard InChI is InChI=1S/C7H9N7O2S2/c1-4-12-13-7(17-4)14-18(15,16)5-2-9-6(11-8)10-3-5/h2-3H,8H2,1H3,(H,13,14)(H,9,10,11). The number of hydrogen-bond donors (Lipinski definition) is 3. The summed E-state index contributed by atoms with van der Waals surface area (Å²) in [6.45, 7) is 1.72. The number of nitrogens with zero attached hydrogens (tertiary/aromatic N) is 4. The van der Waals surface area contributed by atoms with E-state index < -0.39 is 10.0 Å². The third kappa shape index (κ3) is 2.69. The lowest BCUT2D eigenvalue weighted by Crippen LogP contribution is -2.15. The lowest BCUT2D eigenvalue weighted by atomic mass is 10.7.